The highest BCUT2D eigenvalue weighted by Gasteiger charge is 2.12. The van der Waals surface area contributed by atoms with Gasteiger partial charge in [-0.15, -0.1) is 0 Å². The fraction of sp³-hybridized carbons (Fsp3) is 0.316. The van der Waals surface area contributed by atoms with Gasteiger partial charge in [0.25, 0.3) is 0 Å². The van der Waals surface area contributed by atoms with Gasteiger partial charge in [0.1, 0.15) is 11.6 Å². The van der Waals surface area contributed by atoms with Crippen LogP contribution in [0, 0.1) is 0 Å². The number of fused-ring (bicyclic) bond motifs is 1. The van der Waals surface area contributed by atoms with Gasteiger partial charge in [0, 0.05) is 24.8 Å². The number of aromatic amines is 1. The molecule has 2 N–H and O–H groups in total. The molecule has 0 unspecified atom stereocenters. The third kappa shape index (κ3) is 3.16. The topological polar surface area (TPSA) is 52.2 Å². The van der Waals surface area contributed by atoms with E-state index in [0.717, 1.165) is 48.2 Å². The summed E-state index contributed by atoms with van der Waals surface area (Å²) in [5.41, 5.74) is 3.68. The van der Waals surface area contributed by atoms with Crippen LogP contribution in [0.25, 0.3) is 22.4 Å². The second-order valence-corrected chi connectivity index (χ2v) is 5.79. The van der Waals surface area contributed by atoms with Crippen molar-refractivity contribution >= 4 is 16.7 Å². The number of benzene rings is 2. The van der Waals surface area contributed by atoms with Crippen LogP contribution in [0.4, 0.5) is 5.69 Å². The molecule has 0 bridgehead atoms. The Balaban J connectivity index is 1.95. The molecule has 1 heterocycles. The van der Waals surface area contributed by atoms with Gasteiger partial charge in [-0.05, 0) is 37.1 Å². The summed E-state index contributed by atoms with van der Waals surface area (Å²) >= 11 is 0. The van der Waals surface area contributed by atoms with Crippen LogP contribution in [0.1, 0.15) is 26.7 Å². The Kier molecular flexibility index (Phi) is 4.51. The number of H-pyrrole nitrogens is 1. The number of aromatic nitrogens is 2. The van der Waals surface area contributed by atoms with Gasteiger partial charge in [-0.3, -0.25) is 0 Å². The van der Waals surface area contributed by atoms with Gasteiger partial charge in [0.05, 0.1) is 16.6 Å². The molecule has 0 amide bonds. The molecule has 0 saturated heterocycles. The Morgan fingerprint density at radius 3 is 2.43 bits per heavy atom. The molecule has 0 aliphatic rings. The number of rotatable bonds is 6. The summed E-state index contributed by atoms with van der Waals surface area (Å²) in [6.45, 7) is 6.34. The molecule has 1 aromatic heterocycles. The number of aromatic hydroxyl groups is 1. The standard InChI is InChI=1S/C19H23N3O/c1-3-11-22(12-4-2)14-9-10-15(18(23)13-14)19-20-16-7-5-6-8-17(16)21-19/h5-10,13,23H,3-4,11-12H2,1-2H3,(H,20,21). The SMILES string of the molecule is CCCN(CCC)c1ccc(-c2nc3ccccc3[nH]2)c(O)c1. The highest BCUT2D eigenvalue weighted by atomic mass is 16.3. The van der Waals surface area contributed by atoms with E-state index in [4.69, 9.17) is 0 Å². The number of hydrogen-bond donors (Lipinski definition) is 2. The summed E-state index contributed by atoms with van der Waals surface area (Å²) in [6.07, 6.45) is 2.18. The predicted octanol–water partition coefficient (Wildman–Crippen LogP) is 4.56. The summed E-state index contributed by atoms with van der Waals surface area (Å²) in [7, 11) is 0. The van der Waals surface area contributed by atoms with E-state index in [9.17, 15) is 5.11 Å². The first-order valence-electron chi connectivity index (χ1n) is 8.26. The molecule has 4 nitrogen and oxygen atoms in total. The molecular formula is C19H23N3O. The van der Waals surface area contributed by atoms with Crippen LogP contribution in [0.3, 0.4) is 0 Å². The van der Waals surface area contributed by atoms with Crippen LogP contribution < -0.4 is 4.90 Å². The lowest BCUT2D eigenvalue weighted by Gasteiger charge is -2.24. The van der Waals surface area contributed by atoms with Gasteiger partial charge in [-0.25, -0.2) is 4.98 Å². The van der Waals surface area contributed by atoms with Gasteiger partial charge < -0.3 is 15.0 Å². The molecular weight excluding hydrogens is 286 g/mol. The van der Waals surface area contributed by atoms with E-state index < -0.39 is 0 Å². The lowest BCUT2D eigenvalue weighted by Crippen LogP contribution is -2.24. The van der Waals surface area contributed by atoms with Crippen molar-refractivity contribution in [2.24, 2.45) is 0 Å². The molecule has 0 aliphatic carbocycles. The van der Waals surface area contributed by atoms with Crippen molar-refractivity contribution in [3.63, 3.8) is 0 Å². The molecule has 120 valence electrons. The van der Waals surface area contributed by atoms with E-state index in [-0.39, 0.29) is 5.75 Å². The van der Waals surface area contributed by atoms with Gasteiger partial charge in [-0.1, -0.05) is 26.0 Å². The van der Waals surface area contributed by atoms with Crippen molar-refractivity contribution in [3.05, 3.63) is 42.5 Å². The monoisotopic (exact) mass is 309 g/mol. The first-order valence-corrected chi connectivity index (χ1v) is 8.26. The van der Waals surface area contributed by atoms with E-state index in [0.29, 0.717) is 5.82 Å². The summed E-state index contributed by atoms with van der Waals surface area (Å²) in [5.74, 6) is 0.964. The Bertz CT molecular complexity index is 755. The van der Waals surface area contributed by atoms with Crippen LogP contribution in [0.2, 0.25) is 0 Å². The van der Waals surface area contributed by atoms with E-state index >= 15 is 0 Å². The van der Waals surface area contributed by atoms with Crippen molar-refractivity contribution < 1.29 is 5.11 Å². The van der Waals surface area contributed by atoms with Crippen LogP contribution in [0.15, 0.2) is 42.5 Å². The molecule has 0 saturated carbocycles. The maximum absolute atomic E-state index is 10.5. The molecule has 0 radical (unpaired) electrons. The first-order chi connectivity index (χ1) is 11.2. The number of phenolic OH excluding ortho intramolecular Hbond substituents is 1. The first kappa shape index (κ1) is 15.4. The smallest absolute Gasteiger partial charge is 0.142 e. The molecule has 3 rings (SSSR count). The zero-order valence-corrected chi connectivity index (χ0v) is 13.7. The van der Waals surface area contributed by atoms with Crippen LogP contribution in [-0.4, -0.2) is 28.2 Å². The van der Waals surface area contributed by atoms with Gasteiger partial charge in [-0.2, -0.15) is 0 Å². The molecule has 4 heteroatoms. The molecule has 2 aromatic carbocycles. The normalized spacial score (nSPS) is 11.0. The minimum atomic E-state index is 0.263. The average molecular weight is 309 g/mol. The number of nitrogens with one attached hydrogen (secondary N) is 1. The van der Waals surface area contributed by atoms with E-state index in [1.165, 1.54) is 0 Å². The molecule has 0 spiro atoms. The lowest BCUT2D eigenvalue weighted by atomic mass is 10.1. The molecule has 0 aliphatic heterocycles. The Morgan fingerprint density at radius 1 is 1.04 bits per heavy atom. The summed E-state index contributed by atoms with van der Waals surface area (Å²) in [4.78, 5) is 10.1. The number of para-hydroxylation sites is 2. The fourth-order valence-corrected chi connectivity index (χ4v) is 2.91. The van der Waals surface area contributed by atoms with E-state index in [2.05, 4.69) is 34.8 Å². The largest absolute Gasteiger partial charge is 0.507 e. The van der Waals surface area contributed by atoms with Crippen molar-refractivity contribution in [3.8, 4) is 17.1 Å². The van der Waals surface area contributed by atoms with E-state index in [1.807, 2.05) is 36.4 Å². The summed E-state index contributed by atoms with van der Waals surface area (Å²) in [6, 6.07) is 13.7. The highest BCUT2D eigenvalue weighted by Crippen LogP contribution is 2.32. The fourth-order valence-electron chi connectivity index (χ4n) is 2.91. The second-order valence-electron chi connectivity index (χ2n) is 5.79. The quantitative estimate of drug-likeness (QED) is 0.701. The van der Waals surface area contributed by atoms with Gasteiger partial charge >= 0.3 is 0 Å². The molecule has 23 heavy (non-hydrogen) atoms. The van der Waals surface area contributed by atoms with Crippen LogP contribution >= 0.6 is 0 Å². The Morgan fingerprint density at radius 2 is 1.78 bits per heavy atom. The van der Waals surface area contributed by atoms with Gasteiger partial charge in [0.15, 0.2) is 0 Å². The number of phenols is 1. The maximum atomic E-state index is 10.5. The van der Waals surface area contributed by atoms with Crippen molar-refractivity contribution in [1.29, 1.82) is 0 Å². The van der Waals surface area contributed by atoms with Gasteiger partial charge in [0.2, 0.25) is 0 Å². The third-order valence-electron chi connectivity index (χ3n) is 3.98. The number of hydrogen-bond acceptors (Lipinski definition) is 3. The van der Waals surface area contributed by atoms with Crippen LogP contribution in [-0.2, 0) is 0 Å². The number of imidazole rings is 1. The molecule has 0 atom stereocenters. The minimum absolute atomic E-state index is 0.263. The average Bonchev–Trinajstić information content (AvgIpc) is 2.98. The van der Waals surface area contributed by atoms with Crippen molar-refractivity contribution in [2.75, 3.05) is 18.0 Å². The summed E-state index contributed by atoms with van der Waals surface area (Å²) in [5, 5.41) is 10.5. The Hall–Kier alpha value is -2.49. The molecule has 0 fully saturated rings. The maximum Gasteiger partial charge on any atom is 0.142 e. The lowest BCUT2D eigenvalue weighted by molar-refractivity contribution is 0.477. The third-order valence-corrected chi connectivity index (χ3v) is 3.98. The van der Waals surface area contributed by atoms with Crippen molar-refractivity contribution in [1.82, 2.24) is 9.97 Å². The Labute approximate surface area is 136 Å². The summed E-state index contributed by atoms with van der Waals surface area (Å²) < 4.78 is 0. The van der Waals surface area contributed by atoms with Crippen molar-refractivity contribution in [2.45, 2.75) is 26.7 Å². The zero-order chi connectivity index (χ0) is 16.2. The highest BCUT2D eigenvalue weighted by molar-refractivity contribution is 5.81. The van der Waals surface area contributed by atoms with Crippen LogP contribution in [0.5, 0.6) is 5.75 Å². The zero-order valence-electron chi connectivity index (χ0n) is 13.7. The predicted molar refractivity (Wildman–Crippen MR) is 96.0 cm³/mol. The van der Waals surface area contributed by atoms with E-state index in [1.54, 1.807) is 0 Å². The number of nitrogens with zero attached hydrogens (tertiary/aromatic N) is 2. The number of anilines is 1. The minimum Gasteiger partial charge on any atom is -0.507 e. The molecule has 3 aromatic rings. The second kappa shape index (κ2) is 6.73.